The number of aromatic nitrogens is 3. The molecule has 0 aliphatic carbocycles. The zero-order valence-corrected chi connectivity index (χ0v) is 10.9. The Hall–Kier alpha value is -1.62. The predicted molar refractivity (Wildman–Crippen MR) is 68.3 cm³/mol. The first kappa shape index (κ1) is 12.8. The number of carbonyl (C=O) groups excluding carboxylic acids is 1. The molecule has 0 unspecified atom stereocenters. The zero-order valence-electron chi connectivity index (χ0n) is 10.1. The summed E-state index contributed by atoms with van der Waals surface area (Å²) in [5, 5.41) is 1.02. The second-order valence-corrected chi connectivity index (χ2v) is 4.32. The Morgan fingerprint density at radius 1 is 1.44 bits per heavy atom. The van der Waals surface area contributed by atoms with Gasteiger partial charge in [0.15, 0.2) is 5.65 Å². The van der Waals surface area contributed by atoms with Crippen LogP contribution in [0.4, 0.5) is 0 Å². The minimum absolute atomic E-state index is 0.268. The van der Waals surface area contributed by atoms with Gasteiger partial charge in [0.05, 0.1) is 5.39 Å². The normalized spacial score (nSPS) is 10.8. The molecule has 2 rings (SSSR count). The molecule has 0 amide bonds. The van der Waals surface area contributed by atoms with Crippen LogP contribution < -0.4 is 4.84 Å². The van der Waals surface area contributed by atoms with Gasteiger partial charge in [-0.05, 0) is 12.5 Å². The maximum Gasteiger partial charge on any atom is 0.332 e. The summed E-state index contributed by atoms with van der Waals surface area (Å²) in [6.45, 7) is 2.09. The lowest BCUT2D eigenvalue weighted by Crippen LogP contribution is -2.18. The fourth-order valence-corrected chi connectivity index (χ4v) is 1.84. The Bertz CT molecular complexity index is 553. The SMILES string of the molecule is CCCCCC(=O)On1ccc2c(Cl)ncnc21. The first-order valence-corrected chi connectivity index (χ1v) is 6.29. The molecular weight excluding hydrogens is 254 g/mol. The van der Waals surface area contributed by atoms with Crippen molar-refractivity contribution < 1.29 is 9.63 Å². The van der Waals surface area contributed by atoms with Crippen LogP contribution in [0.3, 0.4) is 0 Å². The maximum atomic E-state index is 11.6. The number of halogens is 1. The quantitative estimate of drug-likeness (QED) is 0.617. The van der Waals surface area contributed by atoms with Gasteiger partial charge in [-0.15, -0.1) is 0 Å². The van der Waals surface area contributed by atoms with Crippen LogP contribution in [0.2, 0.25) is 5.15 Å². The van der Waals surface area contributed by atoms with E-state index in [1.165, 1.54) is 11.1 Å². The number of hydrogen-bond donors (Lipinski definition) is 0. The number of hydrogen-bond acceptors (Lipinski definition) is 4. The van der Waals surface area contributed by atoms with E-state index in [2.05, 4.69) is 16.9 Å². The summed E-state index contributed by atoms with van der Waals surface area (Å²) in [5.74, 6) is -0.268. The molecule has 0 saturated heterocycles. The minimum atomic E-state index is -0.268. The molecular formula is C12H14ClN3O2. The third-order valence-electron chi connectivity index (χ3n) is 2.58. The lowest BCUT2D eigenvalue weighted by molar-refractivity contribution is -0.143. The van der Waals surface area contributed by atoms with E-state index in [1.54, 1.807) is 12.3 Å². The first-order valence-electron chi connectivity index (χ1n) is 5.91. The van der Waals surface area contributed by atoms with E-state index in [1.807, 2.05) is 0 Å². The van der Waals surface area contributed by atoms with Gasteiger partial charge in [0, 0.05) is 12.6 Å². The molecule has 2 heterocycles. The molecule has 0 N–H and O–H groups in total. The minimum Gasteiger partial charge on any atom is -0.335 e. The van der Waals surface area contributed by atoms with E-state index >= 15 is 0 Å². The van der Waals surface area contributed by atoms with Gasteiger partial charge in [-0.3, -0.25) is 0 Å². The number of unbranched alkanes of at least 4 members (excludes halogenated alkanes) is 2. The average molecular weight is 268 g/mol. The molecule has 5 nitrogen and oxygen atoms in total. The Labute approximate surface area is 110 Å². The monoisotopic (exact) mass is 267 g/mol. The predicted octanol–water partition coefficient (Wildman–Crippen LogP) is 2.62. The van der Waals surface area contributed by atoms with E-state index in [0.29, 0.717) is 22.6 Å². The van der Waals surface area contributed by atoms with Crippen molar-refractivity contribution in [2.75, 3.05) is 0 Å². The van der Waals surface area contributed by atoms with Crippen molar-refractivity contribution in [1.29, 1.82) is 0 Å². The third kappa shape index (κ3) is 2.79. The third-order valence-corrected chi connectivity index (χ3v) is 2.89. The molecule has 18 heavy (non-hydrogen) atoms. The number of fused-ring (bicyclic) bond motifs is 1. The lowest BCUT2D eigenvalue weighted by atomic mass is 10.2. The molecule has 6 heteroatoms. The summed E-state index contributed by atoms with van der Waals surface area (Å²) in [5.41, 5.74) is 0.499. The van der Waals surface area contributed by atoms with Crippen molar-refractivity contribution in [2.24, 2.45) is 0 Å². The molecule has 0 aliphatic rings. The van der Waals surface area contributed by atoms with Crippen LogP contribution in [0.15, 0.2) is 18.6 Å². The van der Waals surface area contributed by atoms with E-state index in [-0.39, 0.29) is 5.97 Å². The van der Waals surface area contributed by atoms with Crippen LogP contribution in [-0.2, 0) is 4.79 Å². The highest BCUT2D eigenvalue weighted by Crippen LogP contribution is 2.19. The summed E-state index contributed by atoms with van der Waals surface area (Å²) >= 11 is 5.90. The smallest absolute Gasteiger partial charge is 0.332 e. The van der Waals surface area contributed by atoms with Crippen molar-refractivity contribution >= 4 is 28.6 Å². The molecule has 0 spiro atoms. The largest absolute Gasteiger partial charge is 0.335 e. The molecule has 2 aromatic heterocycles. The van der Waals surface area contributed by atoms with Gasteiger partial charge in [-0.2, -0.15) is 4.73 Å². The standard InChI is InChI=1S/C12H14ClN3O2/c1-2-3-4-5-10(17)18-16-7-6-9-11(13)14-8-15-12(9)16/h6-8H,2-5H2,1H3. The fourth-order valence-electron chi connectivity index (χ4n) is 1.65. The summed E-state index contributed by atoms with van der Waals surface area (Å²) in [4.78, 5) is 24.7. The number of rotatable bonds is 5. The number of carbonyl (C=O) groups is 1. The van der Waals surface area contributed by atoms with Crippen LogP contribution in [0.5, 0.6) is 0 Å². The van der Waals surface area contributed by atoms with Gasteiger partial charge in [0.2, 0.25) is 0 Å². The van der Waals surface area contributed by atoms with E-state index in [9.17, 15) is 4.79 Å². The second kappa shape index (κ2) is 5.82. The molecule has 2 aromatic rings. The summed E-state index contributed by atoms with van der Waals surface area (Å²) in [7, 11) is 0. The molecule has 0 radical (unpaired) electrons. The van der Waals surface area contributed by atoms with E-state index in [0.717, 1.165) is 19.3 Å². The molecule has 0 aliphatic heterocycles. The highest BCUT2D eigenvalue weighted by molar-refractivity contribution is 6.33. The van der Waals surface area contributed by atoms with Crippen LogP contribution in [-0.4, -0.2) is 20.7 Å². The maximum absolute atomic E-state index is 11.6. The van der Waals surface area contributed by atoms with Crippen molar-refractivity contribution in [3.63, 3.8) is 0 Å². The highest BCUT2D eigenvalue weighted by Gasteiger charge is 2.10. The lowest BCUT2D eigenvalue weighted by Gasteiger charge is -2.05. The summed E-state index contributed by atoms with van der Waals surface area (Å²) < 4.78 is 1.33. The van der Waals surface area contributed by atoms with Crippen molar-refractivity contribution in [3.8, 4) is 0 Å². The fraction of sp³-hybridized carbons (Fsp3) is 0.417. The van der Waals surface area contributed by atoms with Gasteiger partial charge in [-0.25, -0.2) is 14.8 Å². The van der Waals surface area contributed by atoms with Gasteiger partial charge < -0.3 is 4.84 Å². The van der Waals surface area contributed by atoms with Crippen LogP contribution in [0.1, 0.15) is 32.6 Å². The molecule has 0 saturated carbocycles. The van der Waals surface area contributed by atoms with Gasteiger partial charge >= 0.3 is 5.97 Å². The summed E-state index contributed by atoms with van der Waals surface area (Å²) in [6, 6.07) is 1.72. The van der Waals surface area contributed by atoms with E-state index in [4.69, 9.17) is 16.4 Å². The topological polar surface area (TPSA) is 57.0 Å². The van der Waals surface area contributed by atoms with Gasteiger partial charge in [0.1, 0.15) is 11.5 Å². The van der Waals surface area contributed by atoms with E-state index < -0.39 is 0 Å². The van der Waals surface area contributed by atoms with Gasteiger partial charge in [-0.1, -0.05) is 31.4 Å². The van der Waals surface area contributed by atoms with Crippen molar-refractivity contribution in [1.82, 2.24) is 14.7 Å². The van der Waals surface area contributed by atoms with Crippen LogP contribution >= 0.6 is 11.6 Å². The van der Waals surface area contributed by atoms with Crippen LogP contribution in [0.25, 0.3) is 11.0 Å². The highest BCUT2D eigenvalue weighted by atomic mass is 35.5. The Kier molecular flexibility index (Phi) is 4.15. The molecule has 0 fully saturated rings. The Balaban J connectivity index is 2.08. The first-order chi connectivity index (χ1) is 8.72. The van der Waals surface area contributed by atoms with Crippen molar-refractivity contribution in [3.05, 3.63) is 23.7 Å². The average Bonchev–Trinajstić information content (AvgIpc) is 2.74. The second-order valence-electron chi connectivity index (χ2n) is 3.96. The van der Waals surface area contributed by atoms with Crippen molar-refractivity contribution in [2.45, 2.75) is 32.6 Å². The Morgan fingerprint density at radius 2 is 2.28 bits per heavy atom. The molecule has 0 atom stereocenters. The molecule has 0 aromatic carbocycles. The van der Waals surface area contributed by atoms with Crippen LogP contribution in [0, 0.1) is 0 Å². The number of nitrogens with zero attached hydrogens (tertiary/aromatic N) is 3. The summed E-state index contributed by atoms with van der Waals surface area (Å²) in [6.07, 6.45) is 6.30. The Morgan fingerprint density at radius 3 is 3.06 bits per heavy atom. The molecule has 96 valence electrons. The zero-order chi connectivity index (χ0) is 13.0. The van der Waals surface area contributed by atoms with Gasteiger partial charge in [0.25, 0.3) is 0 Å². The molecule has 0 bridgehead atoms.